The molecule has 1 aliphatic carbocycles. The van der Waals surface area contributed by atoms with E-state index in [0.29, 0.717) is 22.1 Å². The van der Waals surface area contributed by atoms with Crippen molar-refractivity contribution >= 4 is 33.1 Å². The largest absolute Gasteiger partial charge is 0.453 e. The molecule has 0 bridgehead atoms. The number of nitriles is 1. The van der Waals surface area contributed by atoms with Crippen molar-refractivity contribution in [2.75, 3.05) is 11.9 Å². The number of carbonyl (C=O) groups excluding carboxylic acids is 1. The number of nitrogens with zero attached hydrogens (tertiary/aromatic N) is 1. The highest BCUT2D eigenvalue weighted by Crippen LogP contribution is 2.37. The molecule has 1 N–H and O–H groups in total. The molecule has 1 aliphatic rings. The first-order chi connectivity index (χ1) is 12.6. The minimum absolute atomic E-state index is 0.0389. The fourth-order valence-electron chi connectivity index (χ4n) is 3.51. The summed E-state index contributed by atoms with van der Waals surface area (Å²) in [7, 11) is 0. The normalized spacial score (nSPS) is 13.4. The molecule has 26 heavy (non-hydrogen) atoms. The molecule has 6 heteroatoms. The highest BCUT2D eigenvalue weighted by Gasteiger charge is 2.22. The lowest BCUT2D eigenvalue weighted by Gasteiger charge is -2.09. The lowest BCUT2D eigenvalue weighted by Crippen LogP contribution is -2.14. The predicted molar refractivity (Wildman–Crippen MR) is 99.4 cm³/mol. The highest BCUT2D eigenvalue weighted by atomic mass is 32.1. The Labute approximate surface area is 154 Å². The Morgan fingerprint density at radius 2 is 2.19 bits per heavy atom. The van der Waals surface area contributed by atoms with Crippen molar-refractivity contribution < 1.29 is 13.6 Å². The molecule has 132 valence electrons. The first-order valence-electron chi connectivity index (χ1n) is 8.59. The molecule has 0 spiro atoms. The number of thiophene rings is 1. The first kappa shape index (κ1) is 16.8. The van der Waals surface area contributed by atoms with Crippen molar-refractivity contribution in [3.63, 3.8) is 0 Å². The van der Waals surface area contributed by atoms with Crippen molar-refractivity contribution in [3.05, 3.63) is 51.3 Å². The van der Waals surface area contributed by atoms with Crippen LogP contribution >= 0.6 is 11.3 Å². The molecule has 3 aromatic rings. The van der Waals surface area contributed by atoms with Crippen LogP contribution in [0.3, 0.4) is 0 Å². The van der Waals surface area contributed by atoms with Gasteiger partial charge in [0.15, 0.2) is 5.76 Å². The number of hydrogen-bond donors (Lipinski definition) is 1. The number of Topliss-reactive ketones (excluding diaryl/α,β-unsaturated/α-hetero) is 1. The standard InChI is InChI=1S/C20H17FN2O2S/c1-11-14-8-12(21)6-7-17(14)25-19(11)16(24)10-23-20-15(9-22)13-4-2-3-5-18(13)26-20/h6-8,23H,2-5,10H2,1H3. The zero-order valence-corrected chi connectivity index (χ0v) is 15.1. The van der Waals surface area contributed by atoms with E-state index in [0.717, 1.165) is 36.2 Å². The third kappa shape index (κ3) is 2.78. The summed E-state index contributed by atoms with van der Waals surface area (Å²) in [6.45, 7) is 1.79. The average Bonchev–Trinajstić information content (AvgIpc) is 3.17. The maximum absolute atomic E-state index is 13.4. The molecular formula is C20H17FN2O2S. The molecule has 0 fully saturated rings. The molecule has 0 amide bonds. The quantitative estimate of drug-likeness (QED) is 0.659. The van der Waals surface area contributed by atoms with E-state index in [1.165, 1.54) is 23.1 Å². The van der Waals surface area contributed by atoms with E-state index >= 15 is 0 Å². The summed E-state index contributed by atoms with van der Waals surface area (Å²) in [6.07, 6.45) is 4.17. The van der Waals surface area contributed by atoms with Crippen LogP contribution in [-0.4, -0.2) is 12.3 Å². The van der Waals surface area contributed by atoms with Crippen LogP contribution in [0, 0.1) is 24.1 Å². The van der Waals surface area contributed by atoms with Crippen molar-refractivity contribution in [3.8, 4) is 6.07 Å². The number of anilines is 1. The number of nitrogens with one attached hydrogen (secondary N) is 1. The van der Waals surface area contributed by atoms with Crippen LogP contribution in [0.2, 0.25) is 0 Å². The third-order valence-corrected chi connectivity index (χ3v) is 6.09. The Balaban J connectivity index is 1.58. The Bertz CT molecular complexity index is 1060. The summed E-state index contributed by atoms with van der Waals surface area (Å²) < 4.78 is 19.0. The van der Waals surface area contributed by atoms with Gasteiger partial charge in [-0.2, -0.15) is 5.26 Å². The fourth-order valence-corrected chi connectivity index (χ4v) is 4.74. The molecule has 0 aliphatic heterocycles. The molecule has 0 atom stereocenters. The number of aryl methyl sites for hydroxylation is 2. The third-order valence-electron chi connectivity index (χ3n) is 4.84. The number of halogens is 1. The summed E-state index contributed by atoms with van der Waals surface area (Å²) in [5, 5.41) is 14.0. The van der Waals surface area contributed by atoms with Gasteiger partial charge in [-0.25, -0.2) is 4.39 Å². The summed E-state index contributed by atoms with van der Waals surface area (Å²) in [5.41, 5.74) is 2.93. The number of carbonyl (C=O) groups is 1. The van der Waals surface area contributed by atoms with E-state index < -0.39 is 0 Å². The molecule has 1 aromatic carbocycles. The second-order valence-electron chi connectivity index (χ2n) is 6.50. The van der Waals surface area contributed by atoms with Crippen LogP contribution in [-0.2, 0) is 12.8 Å². The number of rotatable bonds is 4. The molecule has 2 aromatic heterocycles. The van der Waals surface area contributed by atoms with E-state index in [-0.39, 0.29) is 23.9 Å². The highest BCUT2D eigenvalue weighted by molar-refractivity contribution is 7.16. The van der Waals surface area contributed by atoms with Crippen molar-refractivity contribution in [2.45, 2.75) is 32.6 Å². The minimum atomic E-state index is -0.360. The van der Waals surface area contributed by atoms with Crippen molar-refractivity contribution in [1.29, 1.82) is 5.26 Å². The van der Waals surface area contributed by atoms with Gasteiger partial charge in [0.25, 0.3) is 0 Å². The van der Waals surface area contributed by atoms with Crippen molar-refractivity contribution in [2.24, 2.45) is 0 Å². The summed E-state index contributed by atoms with van der Waals surface area (Å²) in [5.74, 6) is -0.339. The molecule has 4 nitrogen and oxygen atoms in total. The SMILES string of the molecule is Cc1c(C(=O)CNc2sc3c(c2C#N)CCCC3)oc2ccc(F)cc12. The molecule has 0 saturated carbocycles. The summed E-state index contributed by atoms with van der Waals surface area (Å²) in [6, 6.07) is 6.50. The van der Waals surface area contributed by atoms with Gasteiger partial charge < -0.3 is 9.73 Å². The van der Waals surface area contributed by atoms with E-state index in [9.17, 15) is 14.4 Å². The maximum Gasteiger partial charge on any atom is 0.217 e. The van der Waals surface area contributed by atoms with Crippen LogP contribution in [0.25, 0.3) is 11.0 Å². The van der Waals surface area contributed by atoms with Gasteiger partial charge in [-0.3, -0.25) is 4.79 Å². The van der Waals surface area contributed by atoms with Gasteiger partial charge in [0, 0.05) is 15.8 Å². The molecule has 0 radical (unpaired) electrons. The number of benzene rings is 1. The fraction of sp³-hybridized carbons (Fsp3) is 0.300. The van der Waals surface area contributed by atoms with Crippen LogP contribution < -0.4 is 5.32 Å². The van der Waals surface area contributed by atoms with Gasteiger partial charge in [-0.05, 0) is 56.4 Å². The second kappa shape index (κ2) is 6.58. The zero-order chi connectivity index (χ0) is 18.3. The van der Waals surface area contributed by atoms with Gasteiger partial charge in [-0.1, -0.05) is 0 Å². The van der Waals surface area contributed by atoms with Crippen LogP contribution in [0.5, 0.6) is 0 Å². The van der Waals surface area contributed by atoms with Crippen LogP contribution in [0.1, 0.15) is 45.0 Å². The first-order valence-corrected chi connectivity index (χ1v) is 9.40. The number of hydrogen-bond acceptors (Lipinski definition) is 5. The van der Waals surface area contributed by atoms with Crippen LogP contribution in [0.4, 0.5) is 9.39 Å². The second-order valence-corrected chi connectivity index (χ2v) is 7.61. The number of ketones is 1. The molecule has 2 heterocycles. The van der Waals surface area contributed by atoms with E-state index in [1.807, 2.05) is 0 Å². The summed E-state index contributed by atoms with van der Waals surface area (Å²) in [4.78, 5) is 13.9. The number of fused-ring (bicyclic) bond motifs is 2. The monoisotopic (exact) mass is 368 g/mol. The lowest BCUT2D eigenvalue weighted by molar-refractivity contribution is 0.0981. The van der Waals surface area contributed by atoms with Crippen LogP contribution in [0.15, 0.2) is 22.6 Å². The van der Waals surface area contributed by atoms with Crippen molar-refractivity contribution in [1.82, 2.24) is 0 Å². The van der Waals surface area contributed by atoms with E-state index in [4.69, 9.17) is 4.42 Å². The van der Waals surface area contributed by atoms with Gasteiger partial charge in [0.1, 0.15) is 22.5 Å². The lowest BCUT2D eigenvalue weighted by atomic mass is 9.96. The minimum Gasteiger partial charge on any atom is -0.453 e. The average molecular weight is 368 g/mol. The van der Waals surface area contributed by atoms with Gasteiger partial charge >= 0.3 is 0 Å². The smallest absolute Gasteiger partial charge is 0.217 e. The Morgan fingerprint density at radius 3 is 3.00 bits per heavy atom. The molecular weight excluding hydrogens is 351 g/mol. The van der Waals surface area contributed by atoms with Gasteiger partial charge in [-0.15, -0.1) is 11.3 Å². The van der Waals surface area contributed by atoms with E-state index in [1.54, 1.807) is 18.3 Å². The Hall–Kier alpha value is -2.65. The van der Waals surface area contributed by atoms with E-state index in [2.05, 4.69) is 11.4 Å². The topological polar surface area (TPSA) is 66.0 Å². The van der Waals surface area contributed by atoms with Gasteiger partial charge in [0.05, 0.1) is 12.1 Å². The zero-order valence-electron chi connectivity index (χ0n) is 14.3. The maximum atomic E-state index is 13.4. The summed E-state index contributed by atoms with van der Waals surface area (Å²) >= 11 is 1.57. The number of furan rings is 1. The van der Waals surface area contributed by atoms with Gasteiger partial charge in [0.2, 0.25) is 5.78 Å². The molecule has 0 saturated heterocycles. The predicted octanol–water partition coefficient (Wildman–Crippen LogP) is 4.99. The molecule has 4 rings (SSSR count). The Morgan fingerprint density at radius 1 is 1.38 bits per heavy atom. The Kier molecular flexibility index (Phi) is 4.25. The molecule has 0 unspecified atom stereocenters.